The first-order chi connectivity index (χ1) is 11.6. The summed E-state index contributed by atoms with van der Waals surface area (Å²) in [6.45, 7) is 0. The third-order valence-corrected chi connectivity index (χ3v) is 4.51. The zero-order chi connectivity index (χ0) is 17.1. The Hall–Kier alpha value is -3.24. The molecule has 0 aliphatic heterocycles. The standard InChI is InChI=1S/C17H12N4O2S/c1-19-13-7-6-11(9-15(13)21(22)23)8-12(10-18)17-20-14-4-2-3-5-16(14)24-17/h2-9,19H,1H3/b12-8+. The molecule has 3 aromatic rings. The van der Waals surface area contributed by atoms with Crippen LogP contribution in [0.25, 0.3) is 21.9 Å². The Labute approximate surface area is 141 Å². The lowest BCUT2D eigenvalue weighted by Gasteiger charge is -2.03. The fourth-order valence-electron chi connectivity index (χ4n) is 2.30. The average Bonchev–Trinajstić information content (AvgIpc) is 3.03. The van der Waals surface area contributed by atoms with Crippen LogP contribution < -0.4 is 5.32 Å². The van der Waals surface area contributed by atoms with Gasteiger partial charge in [0.1, 0.15) is 16.8 Å². The predicted octanol–water partition coefficient (Wildman–Crippen LogP) is 4.31. The van der Waals surface area contributed by atoms with E-state index in [9.17, 15) is 15.4 Å². The van der Waals surface area contributed by atoms with E-state index in [1.165, 1.54) is 17.4 Å². The van der Waals surface area contributed by atoms with E-state index in [0.29, 0.717) is 21.8 Å². The molecule has 0 fully saturated rings. The van der Waals surface area contributed by atoms with E-state index in [0.717, 1.165) is 10.2 Å². The fourth-order valence-corrected chi connectivity index (χ4v) is 3.23. The molecule has 6 nitrogen and oxygen atoms in total. The summed E-state index contributed by atoms with van der Waals surface area (Å²) in [5.74, 6) is 0. The Morgan fingerprint density at radius 1 is 1.38 bits per heavy atom. The number of anilines is 1. The van der Waals surface area contributed by atoms with Gasteiger partial charge in [-0.15, -0.1) is 11.3 Å². The zero-order valence-electron chi connectivity index (χ0n) is 12.7. The lowest BCUT2D eigenvalue weighted by molar-refractivity contribution is -0.383. The van der Waals surface area contributed by atoms with Gasteiger partial charge in [-0.2, -0.15) is 5.26 Å². The van der Waals surface area contributed by atoms with E-state index in [4.69, 9.17) is 0 Å². The Balaban J connectivity index is 2.06. The van der Waals surface area contributed by atoms with E-state index < -0.39 is 4.92 Å². The molecule has 2 aromatic carbocycles. The van der Waals surface area contributed by atoms with Crippen molar-refractivity contribution in [2.75, 3.05) is 12.4 Å². The smallest absolute Gasteiger partial charge is 0.292 e. The Bertz CT molecular complexity index is 968. The number of nitro benzene ring substituents is 1. The lowest BCUT2D eigenvalue weighted by Crippen LogP contribution is -1.96. The normalized spacial score (nSPS) is 11.2. The molecule has 0 amide bonds. The second-order valence-corrected chi connectivity index (χ2v) is 5.97. The molecule has 3 rings (SSSR count). The number of thiazole rings is 1. The van der Waals surface area contributed by atoms with Gasteiger partial charge in [0.05, 0.1) is 20.7 Å². The molecule has 1 aromatic heterocycles. The molecule has 0 radical (unpaired) electrons. The van der Waals surface area contributed by atoms with Gasteiger partial charge in [-0.25, -0.2) is 4.98 Å². The van der Waals surface area contributed by atoms with Crippen LogP contribution >= 0.6 is 11.3 Å². The number of fused-ring (bicyclic) bond motifs is 1. The molecular weight excluding hydrogens is 324 g/mol. The van der Waals surface area contributed by atoms with Crippen molar-refractivity contribution in [3.63, 3.8) is 0 Å². The molecule has 1 heterocycles. The summed E-state index contributed by atoms with van der Waals surface area (Å²) in [7, 11) is 1.62. The number of hydrogen-bond donors (Lipinski definition) is 1. The predicted molar refractivity (Wildman–Crippen MR) is 95.7 cm³/mol. The molecule has 0 saturated carbocycles. The van der Waals surface area contributed by atoms with Gasteiger partial charge in [-0.05, 0) is 29.8 Å². The molecule has 0 atom stereocenters. The maximum absolute atomic E-state index is 11.1. The highest BCUT2D eigenvalue weighted by Gasteiger charge is 2.14. The highest BCUT2D eigenvalue weighted by Crippen LogP contribution is 2.30. The van der Waals surface area contributed by atoms with Crippen molar-refractivity contribution in [2.45, 2.75) is 0 Å². The second kappa shape index (κ2) is 6.48. The van der Waals surface area contributed by atoms with Crippen LogP contribution in [-0.2, 0) is 0 Å². The highest BCUT2D eigenvalue weighted by molar-refractivity contribution is 7.19. The highest BCUT2D eigenvalue weighted by atomic mass is 32.1. The minimum atomic E-state index is -0.451. The molecule has 118 valence electrons. The van der Waals surface area contributed by atoms with E-state index in [1.54, 1.807) is 25.3 Å². The Morgan fingerprint density at radius 2 is 2.17 bits per heavy atom. The number of para-hydroxylation sites is 1. The van der Waals surface area contributed by atoms with Gasteiger partial charge in [-0.3, -0.25) is 10.1 Å². The van der Waals surface area contributed by atoms with Crippen molar-refractivity contribution in [2.24, 2.45) is 0 Å². The molecule has 0 saturated heterocycles. The van der Waals surface area contributed by atoms with Crippen molar-refractivity contribution in [3.05, 3.63) is 63.1 Å². The van der Waals surface area contributed by atoms with Crippen LogP contribution in [0, 0.1) is 21.4 Å². The number of allylic oxidation sites excluding steroid dienone is 1. The number of hydrogen-bond acceptors (Lipinski definition) is 6. The largest absolute Gasteiger partial charge is 0.383 e. The van der Waals surface area contributed by atoms with Gasteiger partial charge < -0.3 is 5.32 Å². The lowest BCUT2D eigenvalue weighted by atomic mass is 10.1. The van der Waals surface area contributed by atoms with Gasteiger partial charge in [-0.1, -0.05) is 18.2 Å². The molecule has 24 heavy (non-hydrogen) atoms. The monoisotopic (exact) mass is 336 g/mol. The third kappa shape index (κ3) is 2.95. The van der Waals surface area contributed by atoms with Crippen molar-refractivity contribution in [1.29, 1.82) is 5.26 Å². The van der Waals surface area contributed by atoms with Gasteiger partial charge in [0, 0.05) is 13.1 Å². The van der Waals surface area contributed by atoms with Crippen LogP contribution in [0.5, 0.6) is 0 Å². The minimum Gasteiger partial charge on any atom is -0.383 e. The van der Waals surface area contributed by atoms with Crippen LogP contribution in [0.1, 0.15) is 10.6 Å². The van der Waals surface area contributed by atoms with E-state index in [2.05, 4.69) is 16.4 Å². The molecule has 0 unspecified atom stereocenters. The molecule has 1 N–H and O–H groups in total. The number of aromatic nitrogens is 1. The number of benzene rings is 2. The molecule has 0 aliphatic carbocycles. The first-order valence-corrected chi connectivity index (χ1v) is 7.88. The van der Waals surface area contributed by atoms with Crippen LogP contribution in [0.2, 0.25) is 0 Å². The molecule has 7 heteroatoms. The van der Waals surface area contributed by atoms with Crippen molar-refractivity contribution < 1.29 is 4.92 Å². The maximum atomic E-state index is 11.1. The fraction of sp³-hybridized carbons (Fsp3) is 0.0588. The third-order valence-electron chi connectivity index (χ3n) is 3.44. The van der Waals surface area contributed by atoms with Gasteiger partial charge >= 0.3 is 0 Å². The van der Waals surface area contributed by atoms with Crippen LogP contribution in [0.15, 0.2) is 42.5 Å². The van der Waals surface area contributed by atoms with Crippen molar-refractivity contribution >= 4 is 44.6 Å². The van der Waals surface area contributed by atoms with E-state index >= 15 is 0 Å². The van der Waals surface area contributed by atoms with Crippen LogP contribution in [0.3, 0.4) is 0 Å². The topological polar surface area (TPSA) is 91.8 Å². The first-order valence-electron chi connectivity index (χ1n) is 7.06. The van der Waals surface area contributed by atoms with Crippen molar-refractivity contribution in [3.8, 4) is 6.07 Å². The van der Waals surface area contributed by atoms with Crippen molar-refractivity contribution in [1.82, 2.24) is 4.98 Å². The van der Waals surface area contributed by atoms with E-state index in [1.807, 2.05) is 24.3 Å². The van der Waals surface area contributed by atoms with Crippen LogP contribution in [0.4, 0.5) is 11.4 Å². The molecule has 0 bridgehead atoms. The van der Waals surface area contributed by atoms with Gasteiger partial charge in [0.2, 0.25) is 0 Å². The zero-order valence-corrected chi connectivity index (χ0v) is 13.5. The van der Waals surface area contributed by atoms with Crippen LogP contribution in [-0.4, -0.2) is 17.0 Å². The summed E-state index contributed by atoms with van der Waals surface area (Å²) in [6, 6.07) is 14.6. The molecule has 0 aliphatic rings. The summed E-state index contributed by atoms with van der Waals surface area (Å²) in [4.78, 5) is 15.1. The minimum absolute atomic E-state index is 0.0344. The maximum Gasteiger partial charge on any atom is 0.292 e. The summed E-state index contributed by atoms with van der Waals surface area (Å²) < 4.78 is 0.991. The number of nitrogens with zero attached hydrogens (tertiary/aromatic N) is 3. The quantitative estimate of drug-likeness (QED) is 0.435. The molecule has 0 spiro atoms. The first kappa shape index (κ1) is 15.6. The summed E-state index contributed by atoms with van der Waals surface area (Å²) in [5.41, 5.74) is 2.18. The number of nitriles is 1. The van der Waals surface area contributed by atoms with Gasteiger partial charge in [0.15, 0.2) is 0 Å². The Morgan fingerprint density at radius 3 is 2.83 bits per heavy atom. The van der Waals surface area contributed by atoms with E-state index in [-0.39, 0.29) is 5.69 Å². The summed E-state index contributed by atoms with van der Waals surface area (Å²) in [5, 5.41) is 24.0. The summed E-state index contributed by atoms with van der Waals surface area (Å²) in [6.07, 6.45) is 1.62. The number of nitro groups is 1. The SMILES string of the molecule is CNc1ccc(/C=C(\C#N)c2nc3ccccc3s2)cc1[N+](=O)[O-]. The summed E-state index contributed by atoms with van der Waals surface area (Å²) >= 11 is 1.42. The van der Waals surface area contributed by atoms with Gasteiger partial charge in [0.25, 0.3) is 5.69 Å². The average molecular weight is 336 g/mol. The second-order valence-electron chi connectivity index (χ2n) is 4.94. The number of rotatable bonds is 4. The number of nitrogens with one attached hydrogen (secondary N) is 1. The Kier molecular flexibility index (Phi) is 4.22. The molecular formula is C17H12N4O2S.